The van der Waals surface area contributed by atoms with Gasteiger partial charge in [0.1, 0.15) is 5.69 Å². The Morgan fingerprint density at radius 3 is 2.86 bits per heavy atom. The Labute approximate surface area is 80.1 Å². The van der Waals surface area contributed by atoms with E-state index in [0.29, 0.717) is 5.56 Å². The van der Waals surface area contributed by atoms with E-state index in [-0.39, 0.29) is 11.6 Å². The summed E-state index contributed by atoms with van der Waals surface area (Å²) in [5.74, 6) is -0.318. The molecule has 1 aromatic heterocycles. The fourth-order valence-corrected chi connectivity index (χ4v) is 1.60. The SMILES string of the molecule is CC1(C)NC(=O)c2c1cnn2C(N)=O. The quantitative estimate of drug-likeness (QED) is 0.598. The third-order valence-electron chi connectivity index (χ3n) is 2.29. The molecule has 0 saturated carbocycles. The molecule has 6 heteroatoms. The maximum absolute atomic E-state index is 11.5. The van der Waals surface area contributed by atoms with Gasteiger partial charge in [-0.1, -0.05) is 0 Å². The summed E-state index contributed by atoms with van der Waals surface area (Å²) in [6, 6.07) is -0.751. The molecule has 74 valence electrons. The van der Waals surface area contributed by atoms with Gasteiger partial charge in [0.2, 0.25) is 0 Å². The van der Waals surface area contributed by atoms with Gasteiger partial charge in [0, 0.05) is 5.56 Å². The average molecular weight is 194 g/mol. The highest BCUT2D eigenvalue weighted by atomic mass is 16.2. The monoisotopic (exact) mass is 194 g/mol. The second-order valence-electron chi connectivity index (χ2n) is 3.74. The first-order chi connectivity index (χ1) is 6.43. The highest BCUT2D eigenvalue weighted by Crippen LogP contribution is 2.29. The van der Waals surface area contributed by atoms with E-state index >= 15 is 0 Å². The fraction of sp³-hybridized carbons (Fsp3) is 0.375. The summed E-state index contributed by atoms with van der Waals surface area (Å²) in [5.41, 5.74) is 5.51. The fourth-order valence-electron chi connectivity index (χ4n) is 1.60. The zero-order chi connectivity index (χ0) is 10.5. The molecule has 2 amide bonds. The Kier molecular flexibility index (Phi) is 1.46. The largest absolute Gasteiger partial charge is 0.350 e. The lowest BCUT2D eigenvalue weighted by Gasteiger charge is -2.16. The minimum Gasteiger partial charge on any atom is -0.350 e. The Morgan fingerprint density at radius 2 is 2.29 bits per heavy atom. The zero-order valence-electron chi connectivity index (χ0n) is 7.87. The first-order valence-corrected chi connectivity index (χ1v) is 4.14. The molecule has 1 aliphatic rings. The molecular formula is C8H10N4O2. The molecule has 0 aliphatic carbocycles. The van der Waals surface area contributed by atoms with Crippen LogP contribution in [0.5, 0.6) is 0 Å². The lowest BCUT2D eigenvalue weighted by molar-refractivity contribution is 0.0931. The number of nitrogens with one attached hydrogen (secondary N) is 1. The van der Waals surface area contributed by atoms with E-state index in [1.807, 2.05) is 13.8 Å². The number of nitrogens with zero attached hydrogens (tertiary/aromatic N) is 2. The number of carbonyl (C=O) groups is 2. The van der Waals surface area contributed by atoms with Gasteiger partial charge >= 0.3 is 6.03 Å². The summed E-state index contributed by atoms with van der Waals surface area (Å²) in [6.45, 7) is 3.67. The van der Waals surface area contributed by atoms with Crippen molar-refractivity contribution in [2.45, 2.75) is 19.4 Å². The van der Waals surface area contributed by atoms with Crippen molar-refractivity contribution in [1.29, 1.82) is 0 Å². The van der Waals surface area contributed by atoms with Crippen LogP contribution in [0, 0.1) is 0 Å². The second-order valence-corrected chi connectivity index (χ2v) is 3.74. The van der Waals surface area contributed by atoms with E-state index in [9.17, 15) is 9.59 Å². The molecule has 0 spiro atoms. The van der Waals surface area contributed by atoms with Gasteiger partial charge in [0.15, 0.2) is 0 Å². The molecule has 0 bridgehead atoms. The van der Waals surface area contributed by atoms with Crippen LogP contribution < -0.4 is 11.1 Å². The number of carbonyl (C=O) groups excluding carboxylic acids is 2. The third-order valence-corrected chi connectivity index (χ3v) is 2.29. The highest BCUT2D eigenvalue weighted by molar-refractivity contribution is 6.01. The number of rotatable bonds is 0. The van der Waals surface area contributed by atoms with Crippen LogP contribution in [0.25, 0.3) is 0 Å². The molecule has 0 unspecified atom stereocenters. The van der Waals surface area contributed by atoms with E-state index in [4.69, 9.17) is 5.73 Å². The number of nitrogens with two attached hydrogens (primary N) is 1. The smallest absolute Gasteiger partial charge is 0.340 e. The summed E-state index contributed by atoms with van der Waals surface area (Å²) in [6.07, 6.45) is 1.48. The van der Waals surface area contributed by atoms with Gasteiger partial charge in [0.05, 0.1) is 11.7 Å². The van der Waals surface area contributed by atoms with E-state index in [0.717, 1.165) is 4.68 Å². The van der Waals surface area contributed by atoms with Gasteiger partial charge in [-0.2, -0.15) is 9.78 Å². The van der Waals surface area contributed by atoms with Gasteiger partial charge in [-0.05, 0) is 13.8 Å². The lowest BCUT2D eigenvalue weighted by Crippen LogP contribution is -2.34. The average Bonchev–Trinajstić information content (AvgIpc) is 2.53. The number of aromatic nitrogens is 2. The summed E-state index contributed by atoms with van der Waals surface area (Å²) in [7, 11) is 0. The number of hydrogen-bond acceptors (Lipinski definition) is 3. The predicted octanol–water partition coefficient (Wildman–Crippen LogP) is -0.212. The maximum Gasteiger partial charge on any atom is 0.340 e. The van der Waals surface area contributed by atoms with Crippen LogP contribution in [0.2, 0.25) is 0 Å². The van der Waals surface area contributed by atoms with Crippen molar-refractivity contribution in [3.8, 4) is 0 Å². The van der Waals surface area contributed by atoms with Crippen molar-refractivity contribution in [2.24, 2.45) is 5.73 Å². The minimum atomic E-state index is -0.751. The molecule has 14 heavy (non-hydrogen) atoms. The highest BCUT2D eigenvalue weighted by Gasteiger charge is 2.39. The van der Waals surface area contributed by atoms with Gasteiger partial charge in [-0.15, -0.1) is 0 Å². The molecule has 0 aromatic carbocycles. The number of primary amides is 1. The minimum absolute atomic E-state index is 0.238. The van der Waals surface area contributed by atoms with E-state index < -0.39 is 11.6 Å². The Hall–Kier alpha value is -1.85. The van der Waals surface area contributed by atoms with Crippen LogP contribution in [0.3, 0.4) is 0 Å². The molecule has 0 radical (unpaired) electrons. The maximum atomic E-state index is 11.5. The standard InChI is InChI=1S/C8H10N4O2/c1-8(2)4-3-10-12(7(9)14)5(4)6(13)11-8/h3H,1-2H3,(H2,9,14)(H,11,13). The van der Waals surface area contributed by atoms with Crippen molar-refractivity contribution >= 4 is 11.9 Å². The summed E-state index contributed by atoms with van der Waals surface area (Å²) >= 11 is 0. The van der Waals surface area contributed by atoms with Crippen LogP contribution >= 0.6 is 0 Å². The molecule has 0 fully saturated rings. The van der Waals surface area contributed by atoms with Crippen molar-refractivity contribution in [3.05, 3.63) is 17.5 Å². The van der Waals surface area contributed by atoms with Crippen molar-refractivity contribution < 1.29 is 9.59 Å². The van der Waals surface area contributed by atoms with Crippen LogP contribution in [-0.4, -0.2) is 21.7 Å². The number of fused-ring (bicyclic) bond motifs is 1. The molecule has 0 atom stereocenters. The van der Waals surface area contributed by atoms with E-state index in [2.05, 4.69) is 10.4 Å². The van der Waals surface area contributed by atoms with Gasteiger partial charge in [-0.3, -0.25) is 4.79 Å². The van der Waals surface area contributed by atoms with E-state index in [1.54, 1.807) is 0 Å². The Balaban J connectivity index is 2.66. The van der Waals surface area contributed by atoms with Crippen molar-refractivity contribution in [1.82, 2.24) is 15.1 Å². The Morgan fingerprint density at radius 1 is 1.64 bits per heavy atom. The molecule has 1 aliphatic heterocycles. The van der Waals surface area contributed by atoms with Crippen molar-refractivity contribution in [2.75, 3.05) is 0 Å². The van der Waals surface area contributed by atoms with Gasteiger partial charge in [0.25, 0.3) is 5.91 Å². The molecule has 0 saturated heterocycles. The van der Waals surface area contributed by atoms with E-state index in [1.165, 1.54) is 6.20 Å². The first kappa shape index (κ1) is 8.74. The first-order valence-electron chi connectivity index (χ1n) is 4.14. The number of amides is 2. The van der Waals surface area contributed by atoms with Crippen molar-refractivity contribution in [3.63, 3.8) is 0 Å². The molecular weight excluding hydrogens is 184 g/mol. The Bertz CT molecular complexity index is 433. The predicted molar refractivity (Wildman–Crippen MR) is 47.7 cm³/mol. The molecule has 3 N–H and O–H groups in total. The third kappa shape index (κ3) is 0.935. The lowest BCUT2D eigenvalue weighted by atomic mass is 10.00. The zero-order valence-corrected chi connectivity index (χ0v) is 7.87. The van der Waals surface area contributed by atoms with Crippen LogP contribution in [0.1, 0.15) is 29.9 Å². The van der Waals surface area contributed by atoms with Gasteiger partial charge in [-0.25, -0.2) is 4.79 Å². The van der Waals surface area contributed by atoms with Crippen LogP contribution in [-0.2, 0) is 5.54 Å². The summed E-state index contributed by atoms with van der Waals surface area (Å²) in [5, 5.41) is 6.49. The van der Waals surface area contributed by atoms with Gasteiger partial charge < -0.3 is 11.1 Å². The molecule has 2 rings (SSSR count). The molecule has 6 nitrogen and oxygen atoms in total. The number of hydrogen-bond donors (Lipinski definition) is 2. The summed E-state index contributed by atoms with van der Waals surface area (Å²) in [4.78, 5) is 22.4. The summed E-state index contributed by atoms with van der Waals surface area (Å²) < 4.78 is 0.916. The van der Waals surface area contributed by atoms with Crippen LogP contribution in [0.15, 0.2) is 6.20 Å². The topological polar surface area (TPSA) is 90.0 Å². The molecule has 1 aromatic rings. The normalized spacial score (nSPS) is 17.7. The molecule has 2 heterocycles. The van der Waals surface area contributed by atoms with Crippen LogP contribution in [0.4, 0.5) is 4.79 Å². The second kappa shape index (κ2) is 2.34.